The minimum absolute atomic E-state index is 0.205. The van der Waals surface area contributed by atoms with Crippen LogP contribution in [-0.4, -0.2) is 21.1 Å². The molecule has 1 aromatic carbocycles. The van der Waals surface area contributed by atoms with Gasteiger partial charge in [0.2, 0.25) is 0 Å². The summed E-state index contributed by atoms with van der Waals surface area (Å²) in [6.45, 7) is 2.55. The number of nitrogens with one attached hydrogen (secondary N) is 2. The molecule has 0 aliphatic carbocycles. The van der Waals surface area contributed by atoms with Crippen LogP contribution in [0.1, 0.15) is 21.5 Å². The monoisotopic (exact) mass is 319 g/mol. The summed E-state index contributed by atoms with van der Waals surface area (Å²) in [7, 11) is 0. The number of carbonyl (C=O) groups excluding carboxylic acids is 1. The Hall–Kier alpha value is -3.28. The number of pyridine rings is 1. The molecule has 3 rings (SSSR count). The maximum absolute atomic E-state index is 12.2. The Morgan fingerprint density at radius 2 is 1.88 bits per heavy atom. The van der Waals surface area contributed by atoms with Crippen molar-refractivity contribution in [1.82, 2.24) is 15.2 Å². The first-order valence-electron chi connectivity index (χ1n) is 7.55. The first-order chi connectivity index (χ1) is 11.7. The Morgan fingerprint density at radius 3 is 2.58 bits per heavy atom. The molecule has 120 valence electrons. The molecule has 2 heterocycles. The first-order valence-corrected chi connectivity index (χ1v) is 7.55. The molecule has 0 radical (unpaired) electrons. The molecule has 2 N–H and O–H groups in total. The lowest BCUT2D eigenvalue weighted by Crippen LogP contribution is -2.13. The van der Waals surface area contributed by atoms with E-state index in [4.69, 9.17) is 0 Å². The molecule has 0 saturated heterocycles. The van der Waals surface area contributed by atoms with Gasteiger partial charge in [0.15, 0.2) is 5.82 Å². The largest absolute Gasteiger partial charge is 0.364 e. The fourth-order valence-corrected chi connectivity index (χ4v) is 2.16. The number of aryl methyl sites for hydroxylation is 1. The van der Waals surface area contributed by atoms with E-state index in [1.807, 2.05) is 37.3 Å². The summed E-state index contributed by atoms with van der Waals surface area (Å²) in [5, 5.41) is 14.0. The van der Waals surface area contributed by atoms with E-state index < -0.39 is 0 Å². The highest BCUT2D eigenvalue weighted by molar-refractivity contribution is 6.03. The summed E-state index contributed by atoms with van der Waals surface area (Å²) in [5.74, 6) is 0.838. The quantitative estimate of drug-likeness (QED) is 0.755. The standard InChI is InChI=1S/C18H17N5O/c1-13-4-2-6-15(10-13)18(24)21-17-8-7-16(22-23-17)20-12-14-5-3-9-19-11-14/h2-11H,12H2,1H3,(H,20,22)(H,21,23,24). The third-order valence-electron chi connectivity index (χ3n) is 3.38. The van der Waals surface area contributed by atoms with Gasteiger partial charge in [-0.3, -0.25) is 9.78 Å². The Labute approximate surface area is 140 Å². The lowest BCUT2D eigenvalue weighted by molar-refractivity contribution is 0.102. The molecule has 6 heteroatoms. The molecule has 0 spiro atoms. The molecule has 3 aromatic rings. The van der Waals surface area contributed by atoms with Gasteiger partial charge in [-0.05, 0) is 42.8 Å². The number of anilines is 2. The topological polar surface area (TPSA) is 79.8 Å². The normalized spacial score (nSPS) is 10.2. The SMILES string of the molecule is Cc1cccc(C(=O)Nc2ccc(NCc3cccnc3)nn2)c1. The molecule has 0 aliphatic heterocycles. The number of hydrogen-bond acceptors (Lipinski definition) is 5. The van der Waals surface area contributed by atoms with Gasteiger partial charge in [0.1, 0.15) is 5.82 Å². The Kier molecular flexibility index (Phi) is 4.76. The second kappa shape index (κ2) is 7.32. The zero-order valence-electron chi connectivity index (χ0n) is 13.2. The van der Waals surface area contributed by atoms with Crippen LogP contribution >= 0.6 is 0 Å². The molecule has 0 atom stereocenters. The summed E-state index contributed by atoms with van der Waals surface area (Å²) in [5.41, 5.74) is 2.68. The van der Waals surface area contributed by atoms with Crippen LogP contribution < -0.4 is 10.6 Å². The van der Waals surface area contributed by atoms with Gasteiger partial charge in [0, 0.05) is 24.5 Å². The van der Waals surface area contributed by atoms with Gasteiger partial charge in [-0.15, -0.1) is 10.2 Å². The highest BCUT2D eigenvalue weighted by atomic mass is 16.1. The Morgan fingerprint density at radius 1 is 1.04 bits per heavy atom. The van der Waals surface area contributed by atoms with Crippen molar-refractivity contribution in [2.24, 2.45) is 0 Å². The average Bonchev–Trinajstić information content (AvgIpc) is 2.62. The minimum Gasteiger partial charge on any atom is -0.364 e. The minimum atomic E-state index is -0.205. The number of benzene rings is 1. The molecule has 0 fully saturated rings. The molecule has 0 aliphatic rings. The number of carbonyl (C=O) groups is 1. The van der Waals surface area contributed by atoms with Crippen molar-refractivity contribution in [2.45, 2.75) is 13.5 Å². The maximum atomic E-state index is 12.2. The van der Waals surface area contributed by atoms with E-state index in [9.17, 15) is 4.79 Å². The fraction of sp³-hybridized carbons (Fsp3) is 0.111. The van der Waals surface area contributed by atoms with Crippen molar-refractivity contribution in [3.8, 4) is 0 Å². The predicted octanol–water partition coefficient (Wildman–Crippen LogP) is 3.04. The van der Waals surface area contributed by atoms with Crippen molar-refractivity contribution < 1.29 is 4.79 Å². The van der Waals surface area contributed by atoms with E-state index in [-0.39, 0.29) is 5.91 Å². The van der Waals surface area contributed by atoms with Crippen molar-refractivity contribution in [3.05, 3.63) is 77.6 Å². The smallest absolute Gasteiger partial charge is 0.256 e. The maximum Gasteiger partial charge on any atom is 0.256 e. The summed E-state index contributed by atoms with van der Waals surface area (Å²) in [6, 6.07) is 14.7. The predicted molar refractivity (Wildman–Crippen MR) is 92.7 cm³/mol. The Bertz CT molecular complexity index is 818. The van der Waals surface area contributed by atoms with Crippen molar-refractivity contribution in [3.63, 3.8) is 0 Å². The van der Waals surface area contributed by atoms with Crippen LogP contribution in [0, 0.1) is 6.92 Å². The summed E-state index contributed by atoms with van der Waals surface area (Å²) < 4.78 is 0. The van der Waals surface area contributed by atoms with Gasteiger partial charge in [0.05, 0.1) is 0 Å². The number of rotatable bonds is 5. The van der Waals surface area contributed by atoms with Crippen molar-refractivity contribution >= 4 is 17.5 Å². The van der Waals surface area contributed by atoms with E-state index in [1.54, 1.807) is 30.6 Å². The zero-order chi connectivity index (χ0) is 16.8. The van der Waals surface area contributed by atoms with Gasteiger partial charge in [-0.25, -0.2) is 0 Å². The number of nitrogens with zero attached hydrogens (tertiary/aromatic N) is 3. The van der Waals surface area contributed by atoms with E-state index in [0.717, 1.165) is 11.1 Å². The highest BCUT2D eigenvalue weighted by Gasteiger charge is 2.07. The van der Waals surface area contributed by atoms with Crippen LogP contribution in [0.5, 0.6) is 0 Å². The molecule has 2 aromatic heterocycles. The zero-order valence-corrected chi connectivity index (χ0v) is 13.2. The third-order valence-corrected chi connectivity index (χ3v) is 3.38. The molecule has 1 amide bonds. The second-order valence-corrected chi connectivity index (χ2v) is 5.34. The van der Waals surface area contributed by atoms with Crippen molar-refractivity contribution in [1.29, 1.82) is 0 Å². The Balaban J connectivity index is 1.59. The molecular weight excluding hydrogens is 302 g/mol. The van der Waals surface area contributed by atoms with Gasteiger partial charge in [0.25, 0.3) is 5.91 Å². The lowest BCUT2D eigenvalue weighted by Gasteiger charge is -2.07. The molecular formula is C18H17N5O. The van der Waals surface area contributed by atoms with Crippen LogP contribution in [-0.2, 0) is 6.54 Å². The van der Waals surface area contributed by atoms with Crippen LogP contribution in [0.3, 0.4) is 0 Å². The summed E-state index contributed by atoms with van der Waals surface area (Å²) in [6.07, 6.45) is 3.52. The van der Waals surface area contributed by atoms with Crippen LogP contribution in [0.25, 0.3) is 0 Å². The van der Waals surface area contributed by atoms with Crippen LogP contribution in [0.15, 0.2) is 60.9 Å². The molecule has 6 nitrogen and oxygen atoms in total. The van der Waals surface area contributed by atoms with Gasteiger partial charge >= 0.3 is 0 Å². The fourth-order valence-electron chi connectivity index (χ4n) is 2.16. The summed E-state index contributed by atoms with van der Waals surface area (Å²) >= 11 is 0. The second-order valence-electron chi connectivity index (χ2n) is 5.34. The number of aromatic nitrogens is 3. The van der Waals surface area contributed by atoms with Crippen LogP contribution in [0.2, 0.25) is 0 Å². The summed E-state index contributed by atoms with van der Waals surface area (Å²) in [4.78, 5) is 16.2. The lowest BCUT2D eigenvalue weighted by atomic mass is 10.1. The average molecular weight is 319 g/mol. The number of hydrogen-bond donors (Lipinski definition) is 2. The highest BCUT2D eigenvalue weighted by Crippen LogP contribution is 2.10. The third kappa shape index (κ3) is 4.13. The van der Waals surface area contributed by atoms with E-state index >= 15 is 0 Å². The van der Waals surface area contributed by atoms with E-state index in [0.29, 0.717) is 23.7 Å². The van der Waals surface area contributed by atoms with Crippen molar-refractivity contribution in [2.75, 3.05) is 10.6 Å². The molecule has 0 bridgehead atoms. The molecule has 24 heavy (non-hydrogen) atoms. The van der Waals surface area contributed by atoms with E-state index in [1.165, 1.54) is 0 Å². The van der Waals surface area contributed by atoms with E-state index in [2.05, 4.69) is 25.8 Å². The molecule has 0 unspecified atom stereocenters. The van der Waals surface area contributed by atoms with Gasteiger partial charge < -0.3 is 10.6 Å². The molecule has 0 saturated carbocycles. The van der Waals surface area contributed by atoms with Gasteiger partial charge in [-0.1, -0.05) is 23.8 Å². The number of amides is 1. The first kappa shape index (κ1) is 15.6. The van der Waals surface area contributed by atoms with Crippen LogP contribution in [0.4, 0.5) is 11.6 Å². The van der Waals surface area contributed by atoms with Gasteiger partial charge in [-0.2, -0.15) is 0 Å².